The van der Waals surface area contributed by atoms with Crippen LogP contribution in [0.3, 0.4) is 0 Å². The number of benzene rings is 3. The molecule has 0 bridgehead atoms. The first-order valence-corrected chi connectivity index (χ1v) is 10.6. The maximum absolute atomic E-state index is 12.6. The highest BCUT2D eigenvalue weighted by molar-refractivity contribution is 5.94. The summed E-state index contributed by atoms with van der Waals surface area (Å²) < 4.78 is 17.0. The van der Waals surface area contributed by atoms with Crippen molar-refractivity contribution >= 4 is 5.91 Å². The van der Waals surface area contributed by atoms with Crippen LogP contribution in [0.1, 0.15) is 28.8 Å². The van der Waals surface area contributed by atoms with Gasteiger partial charge < -0.3 is 19.5 Å². The third-order valence-corrected chi connectivity index (χ3v) is 5.41. The summed E-state index contributed by atoms with van der Waals surface area (Å²) in [6, 6.07) is 23.6. The van der Waals surface area contributed by atoms with Crippen LogP contribution < -0.4 is 14.8 Å². The molecule has 0 aliphatic carbocycles. The second-order valence-corrected chi connectivity index (χ2v) is 7.55. The molecule has 1 amide bonds. The summed E-state index contributed by atoms with van der Waals surface area (Å²) in [5.41, 5.74) is 3.70. The highest BCUT2D eigenvalue weighted by atomic mass is 16.5. The molecule has 160 valence electrons. The molecule has 0 unspecified atom stereocenters. The SMILES string of the molecule is COc1ccc(C(=O)NC[C@H]2CCCO2)cc1COc1ccc(-c2ccccc2)cc1. The molecule has 3 aromatic carbocycles. The zero-order valence-electron chi connectivity index (χ0n) is 17.7. The van der Waals surface area contributed by atoms with Crippen molar-refractivity contribution in [3.05, 3.63) is 83.9 Å². The molecule has 1 aliphatic rings. The Morgan fingerprint density at radius 3 is 2.52 bits per heavy atom. The molecular formula is C26H27NO4. The van der Waals surface area contributed by atoms with Crippen LogP contribution in [0.2, 0.25) is 0 Å². The summed E-state index contributed by atoms with van der Waals surface area (Å²) in [4.78, 5) is 12.6. The van der Waals surface area contributed by atoms with E-state index in [1.54, 1.807) is 19.2 Å². The Balaban J connectivity index is 1.40. The third-order valence-electron chi connectivity index (χ3n) is 5.41. The molecule has 1 atom stereocenters. The van der Waals surface area contributed by atoms with Gasteiger partial charge in [-0.25, -0.2) is 0 Å². The highest BCUT2D eigenvalue weighted by Gasteiger charge is 2.17. The molecule has 3 aromatic rings. The van der Waals surface area contributed by atoms with Gasteiger partial charge in [0.1, 0.15) is 18.1 Å². The Morgan fingerprint density at radius 1 is 1.03 bits per heavy atom. The Labute approximate surface area is 183 Å². The van der Waals surface area contributed by atoms with Crippen molar-refractivity contribution in [1.82, 2.24) is 5.32 Å². The average Bonchev–Trinajstić information content (AvgIpc) is 3.35. The molecule has 1 N–H and O–H groups in total. The number of methoxy groups -OCH3 is 1. The Morgan fingerprint density at radius 2 is 1.81 bits per heavy atom. The van der Waals surface area contributed by atoms with Crippen LogP contribution in [0.25, 0.3) is 11.1 Å². The molecule has 1 fully saturated rings. The van der Waals surface area contributed by atoms with Gasteiger partial charge in [0.05, 0.1) is 13.2 Å². The standard InChI is InChI=1S/C26H27NO4/c1-29-25-14-11-21(26(28)27-17-24-8-5-15-30-24)16-22(25)18-31-23-12-9-20(10-13-23)19-6-3-2-4-7-19/h2-4,6-7,9-14,16,24H,5,8,15,17-18H2,1H3,(H,27,28)/t24-/m1/s1. The summed E-state index contributed by atoms with van der Waals surface area (Å²) in [5, 5.41) is 2.96. The molecule has 1 saturated heterocycles. The van der Waals surface area contributed by atoms with Gasteiger partial charge in [0.2, 0.25) is 0 Å². The first kappa shape index (κ1) is 20.9. The summed E-state index contributed by atoms with van der Waals surface area (Å²) >= 11 is 0. The first-order chi connectivity index (χ1) is 15.2. The lowest BCUT2D eigenvalue weighted by atomic mass is 10.1. The molecule has 1 aliphatic heterocycles. The van der Waals surface area contributed by atoms with Crippen molar-refractivity contribution in [2.24, 2.45) is 0 Å². The molecule has 5 nitrogen and oxygen atoms in total. The monoisotopic (exact) mass is 417 g/mol. The molecule has 0 saturated carbocycles. The molecule has 0 spiro atoms. The van der Waals surface area contributed by atoms with Gasteiger partial charge in [-0.05, 0) is 54.3 Å². The predicted molar refractivity (Wildman–Crippen MR) is 121 cm³/mol. The van der Waals surface area contributed by atoms with Gasteiger partial charge in [0, 0.05) is 24.3 Å². The van der Waals surface area contributed by atoms with Crippen LogP contribution in [0.5, 0.6) is 11.5 Å². The van der Waals surface area contributed by atoms with Gasteiger partial charge in [0.25, 0.3) is 5.91 Å². The maximum Gasteiger partial charge on any atom is 0.251 e. The van der Waals surface area contributed by atoms with Crippen LogP contribution in [0.15, 0.2) is 72.8 Å². The highest BCUT2D eigenvalue weighted by Crippen LogP contribution is 2.25. The Hall–Kier alpha value is -3.31. The van der Waals surface area contributed by atoms with Gasteiger partial charge in [-0.15, -0.1) is 0 Å². The average molecular weight is 418 g/mol. The van der Waals surface area contributed by atoms with E-state index in [1.165, 1.54) is 0 Å². The number of rotatable bonds is 8. The fourth-order valence-electron chi connectivity index (χ4n) is 3.68. The van der Waals surface area contributed by atoms with Crippen molar-refractivity contribution in [1.29, 1.82) is 0 Å². The number of hydrogen-bond acceptors (Lipinski definition) is 4. The lowest BCUT2D eigenvalue weighted by Gasteiger charge is -2.14. The first-order valence-electron chi connectivity index (χ1n) is 10.6. The molecule has 0 radical (unpaired) electrons. The summed E-state index contributed by atoms with van der Waals surface area (Å²) in [7, 11) is 1.62. The Kier molecular flexibility index (Phi) is 6.85. The molecule has 5 heteroatoms. The fraction of sp³-hybridized carbons (Fsp3) is 0.269. The van der Waals surface area contributed by atoms with Gasteiger partial charge in [0.15, 0.2) is 0 Å². The molecule has 0 aromatic heterocycles. The van der Waals surface area contributed by atoms with Crippen LogP contribution in [0, 0.1) is 0 Å². The van der Waals surface area contributed by atoms with Crippen LogP contribution in [0.4, 0.5) is 0 Å². The minimum Gasteiger partial charge on any atom is -0.496 e. The number of ether oxygens (including phenoxy) is 3. The van der Waals surface area contributed by atoms with Crippen molar-refractivity contribution in [3.63, 3.8) is 0 Å². The summed E-state index contributed by atoms with van der Waals surface area (Å²) in [6.45, 7) is 1.61. The largest absolute Gasteiger partial charge is 0.496 e. The van der Waals surface area contributed by atoms with Crippen molar-refractivity contribution in [2.75, 3.05) is 20.3 Å². The lowest BCUT2D eigenvalue weighted by molar-refractivity contribution is 0.0857. The maximum atomic E-state index is 12.6. The third kappa shape index (κ3) is 5.44. The van der Waals surface area contributed by atoms with Gasteiger partial charge in [-0.3, -0.25) is 4.79 Å². The minimum atomic E-state index is -0.119. The summed E-state index contributed by atoms with van der Waals surface area (Å²) in [6.07, 6.45) is 2.16. The van der Waals surface area contributed by atoms with Crippen LogP contribution in [-0.2, 0) is 11.3 Å². The Bertz CT molecular complexity index is 996. The van der Waals surface area contributed by atoms with E-state index in [4.69, 9.17) is 14.2 Å². The van der Waals surface area contributed by atoms with E-state index in [0.717, 1.165) is 41.9 Å². The second kappa shape index (κ2) is 10.1. The van der Waals surface area contributed by atoms with E-state index in [9.17, 15) is 4.79 Å². The van der Waals surface area contributed by atoms with Crippen LogP contribution >= 0.6 is 0 Å². The second-order valence-electron chi connectivity index (χ2n) is 7.55. The molecule has 1 heterocycles. The van der Waals surface area contributed by atoms with Crippen molar-refractivity contribution in [2.45, 2.75) is 25.6 Å². The van der Waals surface area contributed by atoms with E-state index in [1.807, 2.05) is 48.5 Å². The zero-order chi connectivity index (χ0) is 21.5. The van der Waals surface area contributed by atoms with Gasteiger partial charge >= 0.3 is 0 Å². The van der Waals surface area contributed by atoms with E-state index in [0.29, 0.717) is 24.5 Å². The normalized spacial score (nSPS) is 15.5. The quantitative estimate of drug-likeness (QED) is 0.569. The molecule has 4 rings (SSSR count). The predicted octanol–water partition coefficient (Wildman–Crippen LogP) is 4.85. The van der Waals surface area contributed by atoms with Crippen molar-refractivity contribution < 1.29 is 19.0 Å². The topological polar surface area (TPSA) is 56.8 Å². The van der Waals surface area contributed by atoms with E-state index < -0.39 is 0 Å². The van der Waals surface area contributed by atoms with Gasteiger partial charge in [-0.1, -0.05) is 42.5 Å². The van der Waals surface area contributed by atoms with Gasteiger partial charge in [-0.2, -0.15) is 0 Å². The number of carbonyl (C=O) groups excluding carboxylic acids is 1. The van der Waals surface area contributed by atoms with Crippen LogP contribution in [-0.4, -0.2) is 32.3 Å². The molecular weight excluding hydrogens is 390 g/mol. The number of hydrogen-bond donors (Lipinski definition) is 1. The van der Waals surface area contributed by atoms with E-state index >= 15 is 0 Å². The van der Waals surface area contributed by atoms with Crippen molar-refractivity contribution in [3.8, 4) is 22.6 Å². The summed E-state index contributed by atoms with van der Waals surface area (Å²) in [5.74, 6) is 1.33. The van der Waals surface area contributed by atoms with E-state index in [-0.39, 0.29) is 12.0 Å². The smallest absolute Gasteiger partial charge is 0.251 e. The number of nitrogens with one attached hydrogen (secondary N) is 1. The minimum absolute atomic E-state index is 0.115. The zero-order valence-corrected chi connectivity index (χ0v) is 17.7. The lowest BCUT2D eigenvalue weighted by Crippen LogP contribution is -2.31. The molecule has 31 heavy (non-hydrogen) atoms. The number of carbonyl (C=O) groups is 1. The number of amides is 1. The van der Waals surface area contributed by atoms with E-state index in [2.05, 4.69) is 17.4 Å². The fourth-order valence-corrected chi connectivity index (χ4v) is 3.68.